The quantitative estimate of drug-likeness (QED) is 0.243. The lowest BCUT2D eigenvalue weighted by atomic mass is 10.0. The van der Waals surface area contributed by atoms with Crippen molar-refractivity contribution < 1.29 is 9.53 Å². The zero-order valence-corrected chi connectivity index (χ0v) is 25.2. The minimum absolute atomic E-state index is 0.0864. The third kappa shape index (κ3) is 3.84. The van der Waals surface area contributed by atoms with Crippen LogP contribution in [0.15, 0.2) is 54.9 Å². The fourth-order valence-electron chi connectivity index (χ4n) is 7.82. The van der Waals surface area contributed by atoms with E-state index in [-0.39, 0.29) is 5.91 Å². The van der Waals surface area contributed by atoms with Crippen molar-refractivity contribution in [2.45, 2.75) is 45.2 Å². The normalized spacial score (nSPS) is 21.3. The number of piperidine rings is 1. The number of rotatable bonds is 6. The maximum Gasteiger partial charge on any atom is 0.254 e. The molecule has 0 radical (unpaired) electrons. The number of pyridine rings is 2. The van der Waals surface area contributed by atoms with Gasteiger partial charge in [-0.05, 0) is 85.9 Å². The maximum absolute atomic E-state index is 13.8. The van der Waals surface area contributed by atoms with Gasteiger partial charge in [0, 0.05) is 60.5 Å². The number of fused-ring (bicyclic) bond motifs is 5. The number of H-pyrrole nitrogens is 1. The highest BCUT2D eigenvalue weighted by Gasteiger charge is 2.46. The van der Waals surface area contributed by atoms with E-state index in [1.807, 2.05) is 37.6 Å². The Hall–Kier alpha value is -4.66. The van der Waals surface area contributed by atoms with E-state index in [1.165, 1.54) is 19.3 Å². The molecule has 3 aliphatic rings. The SMILES string of the molecule is COc1cc(C(=O)N2CC3CCC2[C@@H]3C)cc2nc(-c3cc4ccc(-c5cnc6[nH]ccc6c5)nc4n3CC3CC3)n(C)c12. The highest BCUT2D eigenvalue weighted by molar-refractivity contribution is 6.00. The Balaban J connectivity index is 1.16. The van der Waals surface area contributed by atoms with Gasteiger partial charge in [0.15, 0.2) is 5.82 Å². The van der Waals surface area contributed by atoms with Gasteiger partial charge in [0.1, 0.15) is 22.6 Å². The third-order valence-corrected chi connectivity index (χ3v) is 10.5. The molecule has 9 heteroatoms. The first-order chi connectivity index (χ1) is 21.5. The van der Waals surface area contributed by atoms with Crippen LogP contribution >= 0.6 is 0 Å². The van der Waals surface area contributed by atoms with Gasteiger partial charge < -0.3 is 23.8 Å². The first kappa shape index (κ1) is 25.8. The molecule has 2 saturated carbocycles. The van der Waals surface area contributed by atoms with Gasteiger partial charge >= 0.3 is 0 Å². The Kier molecular flexibility index (Phi) is 5.52. The van der Waals surface area contributed by atoms with E-state index in [4.69, 9.17) is 14.7 Å². The lowest BCUT2D eigenvalue weighted by Gasteiger charge is -2.27. The van der Waals surface area contributed by atoms with Crippen molar-refractivity contribution in [2.75, 3.05) is 13.7 Å². The molecule has 2 unspecified atom stereocenters. The average Bonchev–Trinajstić information content (AvgIpc) is 3.34. The average molecular weight is 586 g/mol. The molecule has 6 aromatic rings. The Morgan fingerprint density at radius 1 is 1.05 bits per heavy atom. The van der Waals surface area contributed by atoms with Gasteiger partial charge in [-0.25, -0.2) is 15.0 Å². The van der Waals surface area contributed by atoms with Crippen LogP contribution in [0.4, 0.5) is 0 Å². The molecule has 44 heavy (non-hydrogen) atoms. The molecule has 9 rings (SSSR count). The highest BCUT2D eigenvalue weighted by atomic mass is 16.5. The number of nitrogens with zero attached hydrogens (tertiary/aromatic N) is 6. The molecule has 222 valence electrons. The summed E-state index contributed by atoms with van der Waals surface area (Å²) in [5.41, 5.74) is 7.04. The van der Waals surface area contributed by atoms with Gasteiger partial charge in [-0.15, -0.1) is 0 Å². The fourth-order valence-corrected chi connectivity index (χ4v) is 7.82. The second-order valence-corrected chi connectivity index (χ2v) is 13.1. The number of aromatic nitrogens is 6. The van der Waals surface area contributed by atoms with Crippen LogP contribution in [0.3, 0.4) is 0 Å². The molecule has 0 spiro atoms. The number of hydrogen-bond acceptors (Lipinski definition) is 5. The summed E-state index contributed by atoms with van der Waals surface area (Å²) < 4.78 is 10.3. The van der Waals surface area contributed by atoms with Crippen LogP contribution in [-0.2, 0) is 13.6 Å². The summed E-state index contributed by atoms with van der Waals surface area (Å²) in [7, 11) is 3.70. The van der Waals surface area contributed by atoms with Crippen molar-refractivity contribution in [1.29, 1.82) is 0 Å². The summed E-state index contributed by atoms with van der Waals surface area (Å²) in [6.45, 7) is 4.04. The predicted octanol–water partition coefficient (Wildman–Crippen LogP) is 6.42. The van der Waals surface area contributed by atoms with Gasteiger partial charge in [-0.1, -0.05) is 6.92 Å². The molecule has 3 atom stereocenters. The molecule has 2 aliphatic carbocycles. The highest BCUT2D eigenvalue weighted by Crippen LogP contribution is 2.44. The smallest absolute Gasteiger partial charge is 0.254 e. The van der Waals surface area contributed by atoms with E-state index in [0.29, 0.717) is 35.1 Å². The first-order valence-corrected chi connectivity index (χ1v) is 15.8. The number of aryl methyl sites for hydroxylation is 1. The Bertz CT molecular complexity index is 2120. The number of methoxy groups -OCH3 is 1. The number of imidazole rings is 1. The van der Waals surface area contributed by atoms with Crippen LogP contribution in [0, 0.1) is 17.8 Å². The number of likely N-dealkylation sites (tertiary alicyclic amines) is 1. The first-order valence-electron chi connectivity index (χ1n) is 15.8. The number of amides is 1. The van der Waals surface area contributed by atoms with Gasteiger partial charge in [0.05, 0.1) is 24.0 Å². The van der Waals surface area contributed by atoms with Crippen LogP contribution in [-0.4, -0.2) is 59.6 Å². The Labute approximate surface area is 254 Å². The van der Waals surface area contributed by atoms with Crippen molar-refractivity contribution >= 4 is 39.0 Å². The zero-order valence-electron chi connectivity index (χ0n) is 25.2. The number of carbonyl (C=O) groups is 1. The summed E-state index contributed by atoms with van der Waals surface area (Å²) >= 11 is 0. The molecular weight excluding hydrogens is 550 g/mol. The van der Waals surface area contributed by atoms with Crippen molar-refractivity contribution in [2.24, 2.45) is 24.8 Å². The third-order valence-electron chi connectivity index (χ3n) is 10.5. The second-order valence-electron chi connectivity index (χ2n) is 13.1. The number of ether oxygens (including phenoxy) is 1. The van der Waals surface area contributed by atoms with Crippen molar-refractivity contribution in [3.8, 4) is 28.5 Å². The molecule has 2 bridgehead atoms. The van der Waals surface area contributed by atoms with E-state index < -0.39 is 0 Å². The van der Waals surface area contributed by atoms with E-state index in [9.17, 15) is 4.79 Å². The molecule has 1 aromatic carbocycles. The molecule has 1 amide bonds. The zero-order chi connectivity index (χ0) is 29.7. The lowest BCUT2D eigenvalue weighted by Crippen LogP contribution is -2.38. The largest absolute Gasteiger partial charge is 0.494 e. The van der Waals surface area contributed by atoms with Crippen molar-refractivity contribution in [3.05, 3.63) is 60.4 Å². The van der Waals surface area contributed by atoms with Crippen LogP contribution in [0.25, 0.3) is 55.9 Å². The molecular formula is C35H35N7O2. The number of carbonyl (C=O) groups excluding carboxylic acids is 1. The van der Waals surface area contributed by atoms with Gasteiger partial charge in [0.25, 0.3) is 5.91 Å². The number of aromatic amines is 1. The van der Waals surface area contributed by atoms with Crippen LogP contribution in [0.2, 0.25) is 0 Å². The Morgan fingerprint density at radius 2 is 1.93 bits per heavy atom. The molecule has 1 aliphatic heterocycles. The van der Waals surface area contributed by atoms with Crippen molar-refractivity contribution in [1.82, 2.24) is 34.0 Å². The fraction of sp³-hybridized carbons (Fsp3) is 0.371. The standard InChI is InChI=1S/C35H35N7O2/c1-19-23-7-9-28(19)42(18-23)35(43)24-13-27-31(30(15-24)44-3)40(2)34(39-27)29-14-22-6-8-26(38-33(22)41(29)17-20-4-5-20)25-12-21-10-11-36-32(21)37-16-25/h6,8,10-16,19-20,23,28H,4-5,7,9,17-18H2,1-3H3,(H,36,37)/t19-,23?,28?/m1/s1. The summed E-state index contributed by atoms with van der Waals surface area (Å²) in [5, 5.41) is 2.14. The van der Waals surface area contributed by atoms with Crippen LogP contribution in [0.1, 0.15) is 43.0 Å². The summed E-state index contributed by atoms with van der Waals surface area (Å²) in [4.78, 5) is 34.0. The van der Waals surface area contributed by atoms with Gasteiger partial charge in [0.2, 0.25) is 0 Å². The topological polar surface area (TPSA) is 93.9 Å². The number of benzene rings is 1. The van der Waals surface area contributed by atoms with E-state index in [2.05, 4.69) is 55.2 Å². The minimum atomic E-state index is 0.0864. The molecule has 3 fully saturated rings. The van der Waals surface area contributed by atoms with Crippen LogP contribution < -0.4 is 4.74 Å². The molecule has 9 nitrogen and oxygen atoms in total. The second kappa shape index (κ2) is 9.42. The maximum atomic E-state index is 13.8. The minimum Gasteiger partial charge on any atom is -0.494 e. The van der Waals surface area contributed by atoms with Crippen molar-refractivity contribution in [3.63, 3.8) is 0 Å². The molecule has 5 aromatic heterocycles. The summed E-state index contributed by atoms with van der Waals surface area (Å²) in [6, 6.07) is 14.8. The molecule has 1 N–H and O–H groups in total. The van der Waals surface area contributed by atoms with E-state index in [0.717, 1.165) is 75.4 Å². The number of hydrogen-bond donors (Lipinski definition) is 1. The van der Waals surface area contributed by atoms with Gasteiger partial charge in [-0.2, -0.15) is 0 Å². The lowest BCUT2D eigenvalue weighted by molar-refractivity contribution is 0.0696. The number of nitrogens with one attached hydrogen (secondary N) is 1. The monoisotopic (exact) mass is 585 g/mol. The molecule has 1 saturated heterocycles. The summed E-state index contributed by atoms with van der Waals surface area (Å²) in [6.07, 6.45) is 8.57. The van der Waals surface area contributed by atoms with E-state index in [1.54, 1.807) is 7.11 Å². The van der Waals surface area contributed by atoms with E-state index >= 15 is 0 Å². The Morgan fingerprint density at radius 3 is 2.70 bits per heavy atom. The predicted molar refractivity (Wildman–Crippen MR) is 171 cm³/mol. The van der Waals surface area contributed by atoms with Gasteiger partial charge in [-0.3, -0.25) is 4.79 Å². The summed E-state index contributed by atoms with van der Waals surface area (Å²) in [5.74, 6) is 3.42. The molecule has 6 heterocycles. The van der Waals surface area contributed by atoms with Crippen LogP contribution in [0.5, 0.6) is 5.75 Å².